The Hall–Kier alpha value is -3.06. The molecule has 3 aromatic carbocycles. The molecule has 1 fully saturated rings. The molecule has 0 atom stereocenters. The molecule has 12 heteroatoms. The molecule has 0 aliphatic carbocycles. The first-order valence-electron chi connectivity index (χ1n) is 10.9. The molecule has 1 aliphatic heterocycles. The van der Waals surface area contributed by atoms with Crippen molar-refractivity contribution < 1.29 is 25.3 Å². The highest BCUT2D eigenvalue weighted by atomic mass is 32.2. The third-order valence-corrected chi connectivity index (χ3v) is 10.6. The SMILES string of the molecule is Cc1ccc(S(=O)(=O)/N=C2\CCN(S(=O)(=O)c3ccc(C)cc3)N2S(=O)(=O)c2ccc(C)cc2)cc1. The number of rotatable bonds is 6. The molecule has 0 bridgehead atoms. The van der Waals surface area contributed by atoms with E-state index in [1.807, 2.05) is 0 Å². The minimum absolute atomic E-state index is 0.125. The first kappa shape index (κ1) is 26.0. The van der Waals surface area contributed by atoms with E-state index in [1.54, 1.807) is 57.2 Å². The summed E-state index contributed by atoms with van der Waals surface area (Å²) in [7, 11) is -13.2. The van der Waals surface area contributed by atoms with Crippen LogP contribution in [0.5, 0.6) is 0 Å². The Bertz CT molecular complexity index is 1630. The van der Waals surface area contributed by atoms with Gasteiger partial charge in [0.2, 0.25) is 0 Å². The van der Waals surface area contributed by atoms with Gasteiger partial charge >= 0.3 is 0 Å². The number of benzene rings is 3. The zero-order valence-corrected chi connectivity index (χ0v) is 22.3. The van der Waals surface area contributed by atoms with E-state index < -0.39 is 35.9 Å². The van der Waals surface area contributed by atoms with Crippen molar-refractivity contribution in [2.75, 3.05) is 6.54 Å². The topological polar surface area (TPSA) is 121 Å². The second-order valence-electron chi connectivity index (χ2n) is 8.47. The van der Waals surface area contributed by atoms with Gasteiger partial charge in [-0.25, -0.2) is 8.42 Å². The van der Waals surface area contributed by atoms with Crippen LogP contribution in [0.2, 0.25) is 0 Å². The summed E-state index contributed by atoms with van der Waals surface area (Å²) < 4.78 is 85.5. The normalized spacial score (nSPS) is 16.5. The van der Waals surface area contributed by atoms with Crippen molar-refractivity contribution in [2.24, 2.45) is 4.40 Å². The maximum atomic E-state index is 13.7. The molecule has 1 saturated heterocycles. The van der Waals surface area contributed by atoms with Crippen molar-refractivity contribution in [1.29, 1.82) is 0 Å². The lowest BCUT2D eigenvalue weighted by Crippen LogP contribution is -2.46. The van der Waals surface area contributed by atoms with Gasteiger partial charge < -0.3 is 0 Å². The molecule has 0 N–H and O–H groups in total. The van der Waals surface area contributed by atoms with Crippen LogP contribution in [0.4, 0.5) is 0 Å². The van der Waals surface area contributed by atoms with E-state index in [0.29, 0.717) is 8.83 Å². The third kappa shape index (κ3) is 4.94. The third-order valence-electron chi connectivity index (χ3n) is 5.64. The maximum absolute atomic E-state index is 13.7. The van der Waals surface area contributed by atoms with Crippen LogP contribution in [0.1, 0.15) is 23.1 Å². The number of nitrogens with zero attached hydrogens (tertiary/aromatic N) is 3. The first-order valence-corrected chi connectivity index (χ1v) is 15.3. The number of hydrazine groups is 1. The van der Waals surface area contributed by atoms with Crippen LogP contribution in [0.15, 0.2) is 91.9 Å². The summed E-state index contributed by atoms with van der Waals surface area (Å²) in [6.07, 6.45) is -0.221. The second kappa shape index (κ2) is 9.43. The molecule has 1 aliphatic rings. The summed E-state index contributed by atoms with van der Waals surface area (Å²) in [5.41, 5.74) is 2.46. The first-order chi connectivity index (χ1) is 16.8. The van der Waals surface area contributed by atoms with Crippen LogP contribution in [0.3, 0.4) is 0 Å². The average molecular weight is 548 g/mol. The van der Waals surface area contributed by atoms with Gasteiger partial charge in [-0.1, -0.05) is 57.5 Å². The lowest BCUT2D eigenvalue weighted by Gasteiger charge is -2.28. The van der Waals surface area contributed by atoms with E-state index in [1.165, 1.54) is 36.4 Å². The lowest BCUT2D eigenvalue weighted by molar-refractivity contribution is 0.286. The second-order valence-corrected chi connectivity index (χ2v) is 13.7. The molecule has 190 valence electrons. The summed E-state index contributed by atoms with van der Waals surface area (Å²) in [6.45, 7) is 5.06. The summed E-state index contributed by atoms with van der Waals surface area (Å²) in [4.78, 5) is -0.451. The fourth-order valence-corrected chi connectivity index (χ4v) is 7.98. The molecule has 36 heavy (non-hydrogen) atoms. The Morgan fingerprint density at radius 2 is 0.972 bits per heavy atom. The van der Waals surface area contributed by atoms with E-state index in [9.17, 15) is 25.3 Å². The minimum Gasteiger partial charge on any atom is -0.205 e. The lowest BCUT2D eigenvalue weighted by atomic mass is 10.2. The van der Waals surface area contributed by atoms with Gasteiger partial charge in [0.1, 0.15) is 0 Å². The standard InChI is InChI=1S/C24H25N3O6S3/c1-18-4-10-21(11-5-18)34(28,29)25-24-16-17-26(35(30,31)22-12-6-19(2)7-13-22)27(24)36(32,33)23-14-8-20(3)9-15-23/h4-15H,16-17H2,1-3H3/b25-24+. The van der Waals surface area contributed by atoms with Gasteiger partial charge in [-0.2, -0.15) is 21.2 Å². The number of hydrogen-bond acceptors (Lipinski definition) is 6. The summed E-state index contributed by atoms with van der Waals surface area (Å²) >= 11 is 0. The van der Waals surface area contributed by atoms with Gasteiger partial charge in [-0.05, 0) is 57.2 Å². The molecule has 0 radical (unpaired) electrons. The summed E-state index contributed by atoms with van der Waals surface area (Å²) in [6, 6.07) is 17.7. The molecule has 0 aromatic heterocycles. The smallest absolute Gasteiger partial charge is 0.205 e. The van der Waals surface area contributed by atoms with Gasteiger partial charge in [-0.15, -0.1) is 4.40 Å². The molecule has 0 amide bonds. The molecule has 9 nitrogen and oxygen atoms in total. The highest BCUT2D eigenvalue weighted by Crippen LogP contribution is 2.31. The van der Waals surface area contributed by atoms with Gasteiger partial charge in [0.15, 0.2) is 5.84 Å². The molecule has 0 spiro atoms. The zero-order chi connectivity index (χ0) is 26.3. The monoisotopic (exact) mass is 547 g/mol. The van der Waals surface area contributed by atoms with E-state index in [2.05, 4.69) is 4.40 Å². The van der Waals surface area contributed by atoms with Gasteiger partial charge in [0.25, 0.3) is 30.1 Å². The Morgan fingerprint density at radius 1 is 0.583 bits per heavy atom. The Balaban J connectivity index is 1.87. The largest absolute Gasteiger partial charge is 0.284 e. The van der Waals surface area contributed by atoms with Gasteiger partial charge in [0, 0.05) is 13.0 Å². The van der Waals surface area contributed by atoms with Crippen LogP contribution in [0.25, 0.3) is 0 Å². The number of amidine groups is 1. The number of sulfonamides is 3. The zero-order valence-electron chi connectivity index (χ0n) is 19.9. The fraction of sp³-hybridized carbons (Fsp3) is 0.208. The van der Waals surface area contributed by atoms with E-state index in [-0.39, 0.29) is 27.7 Å². The van der Waals surface area contributed by atoms with Crippen LogP contribution in [-0.2, 0) is 30.1 Å². The van der Waals surface area contributed by atoms with Gasteiger partial charge in [0.05, 0.1) is 14.7 Å². The molecule has 1 heterocycles. The minimum atomic E-state index is -4.53. The average Bonchev–Trinajstić information content (AvgIpc) is 3.24. The fourth-order valence-electron chi connectivity index (χ4n) is 3.61. The van der Waals surface area contributed by atoms with Crippen LogP contribution < -0.4 is 0 Å². The van der Waals surface area contributed by atoms with E-state index in [0.717, 1.165) is 16.7 Å². The highest BCUT2D eigenvalue weighted by molar-refractivity contribution is 7.93. The van der Waals surface area contributed by atoms with E-state index >= 15 is 0 Å². The Labute approximate surface area is 211 Å². The van der Waals surface area contributed by atoms with Crippen LogP contribution in [0, 0.1) is 20.8 Å². The van der Waals surface area contributed by atoms with Crippen molar-refractivity contribution in [1.82, 2.24) is 8.83 Å². The van der Waals surface area contributed by atoms with Crippen molar-refractivity contribution in [3.63, 3.8) is 0 Å². The predicted molar refractivity (Wildman–Crippen MR) is 136 cm³/mol. The van der Waals surface area contributed by atoms with Crippen LogP contribution in [-0.4, -0.2) is 46.5 Å². The quantitative estimate of drug-likeness (QED) is 0.466. The molecular formula is C24H25N3O6S3. The molecular weight excluding hydrogens is 522 g/mol. The number of aryl methyl sites for hydroxylation is 3. The number of hydrogen-bond donors (Lipinski definition) is 0. The van der Waals surface area contributed by atoms with Crippen molar-refractivity contribution in [3.05, 3.63) is 89.5 Å². The molecule has 3 aromatic rings. The Morgan fingerprint density at radius 3 is 1.42 bits per heavy atom. The maximum Gasteiger partial charge on any atom is 0.284 e. The van der Waals surface area contributed by atoms with Crippen molar-refractivity contribution in [3.8, 4) is 0 Å². The van der Waals surface area contributed by atoms with Crippen molar-refractivity contribution in [2.45, 2.75) is 41.9 Å². The van der Waals surface area contributed by atoms with Gasteiger partial charge in [-0.3, -0.25) is 0 Å². The predicted octanol–water partition coefficient (Wildman–Crippen LogP) is 3.40. The van der Waals surface area contributed by atoms with Crippen molar-refractivity contribution >= 4 is 35.9 Å². The molecule has 4 rings (SSSR count). The summed E-state index contributed by atoms with van der Waals surface area (Å²) in [5, 5.41) is 0. The highest BCUT2D eigenvalue weighted by Gasteiger charge is 2.45. The molecule has 0 unspecified atom stereocenters. The van der Waals surface area contributed by atoms with E-state index in [4.69, 9.17) is 0 Å². The molecule has 0 saturated carbocycles. The summed E-state index contributed by atoms with van der Waals surface area (Å²) in [5.74, 6) is -0.410. The van der Waals surface area contributed by atoms with Crippen LogP contribution >= 0.6 is 0 Å². The Kier molecular flexibility index (Phi) is 6.82.